The van der Waals surface area contributed by atoms with Crippen LogP contribution in [-0.2, 0) is 14.3 Å². The van der Waals surface area contributed by atoms with Gasteiger partial charge in [0.05, 0.1) is 17.9 Å². The number of amides is 1. The molecule has 2 aliphatic heterocycles. The summed E-state index contributed by atoms with van der Waals surface area (Å²) in [6.45, 7) is 4.15. The van der Waals surface area contributed by atoms with Crippen molar-refractivity contribution in [1.82, 2.24) is 4.90 Å². The smallest absolute Gasteiger partial charge is 0.308 e. The molecular weight excluding hydrogens is 258 g/mol. The van der Waals surface area contributed by atoms with Gasteiger partial charge in [0.2, 0.25) is 5.91 Å². The number of carbonyl (C=O) groups is 2. The second kappa shape index (κ2) is 5.02. The number of rotatable bonds is 3. The Morgan fingerprint density at radius 1 is 1.30 bits per heavy atom. The first-order valence-corrected chi connectivity index (χ1v) is 7.61. The molecule has 3 aliphatic rings. The van der Waals surface area contributed by atoms with Gasteiger partial charge in [-0.05, 0) is 44.4 Å². The van der Waals surface area contributed by atoms with Crippen molar-refractivity contribution in [3.63, 3.8) is 0 Å². The fraction of sp³-hybridized carbons (Fsp3) is 0.867. The van der Waals surface area contributed by atoms with Crippen LogP contribution < -0.4 is 0 Å². The Labute approximate surface area is 119 Å². The first-order valence-electron chi connectivity index (χ1n) is 7.61. The molecule has 112 valence electrons. The van der Waals surface area contributed by atoms with Crippen molar-refractivity contribution in [2.75, 3.05) is 26.3 Å². The van der Waals surface area contributed by atoms with Crippen LogP contribution in [0.2, 0.25) is 0 Å². The highest BCUT2D eigenvalue weighted by atomic mass is 16.5. The van der Waals surface area contributed by atoms with Crippen molar-refractivity contribution in [3.05, 3.63) is 0 Å². The van der Waals surface area contributed by atoms with E-state index in [4.69, 9.17) is 4.74 Å². The fourth-order valence-corrected chi connectivity index (χ4v) is 3.74. The summed E-state index contributed by atoms with van der Waals surface area (Å²) >= 11 is 0. The largest absolute Gasteiger partial charge is 0.481 e. The Hall–Kier alpha value is -1.10. The number of hydrogen-bond acceptors (Lipinski definition) is 3. The van der Waals surface area contributed by atoms with Gasteiger partial charge in [0.1, 0.15) is 0 Å². The molecule has 5 heteroatoms. The van der Waals surface area contributed by atoms with Crippen LogP contribution in [0.25, 0.3) is 0 Å². The number of carboxylic acids is 1. The lowest BCUT2D eigenvalue weighted by Gasteiger charge is -2.35. The van der Waals surface area contributed by atoms with E-state index >= 15 is 0 Å². The van der Waals surface area contributed by atoms with E-state index in [0.717, 1.165) is 32.3 Å². The Morgan fingerprint density at radius 3 is 2.60 bits per heavy atom. The van der Waals surface area contributed by atoms with Crippen LogP contribution in [0, 0.1) is 23.2 Å². The number of nitrogens with zero attached hydrogens (tertiary/aromatic N) is 1. The standard InChI is InChI=1S/C15H23NO4/c1-15(5-2-6-20-9-15)14(19)16-7-11(10-3-4-10)12(8-16)13(17)18/h10-12H,2-9H2,1H3,(H,17,18)/t11-,12+,15?/m1/s1. The zero-order chi connectivity index (χ0) is 14.3. The van der Waals surface area contributed by atoms with E-state index < -0.39 is 11.4 Å². The molecule has 1 N–H and O–H groups in total. The van der Waals surface area contributed by atoms with Crippen molar-refractivity contribution < 1.29 is 19.4 Å². The van der Waals surface area contributed by atoms with E-state index in [2.05, 4.69) is 0 Å². The van der Waals surface area contributed by atoms with Crippen LogP contribution in [0.3, 0.4) is 0 Å². The average Bonchev–Trinajstić information content (AvgIpc) is 3.17. The second-order valence-corrected chi connectivity index (χ2v) is 6.87. The minimum Gasteiger partial charge on any atom is -0.481 e. The van der Waals surface area contributed by atoms with E-state index in [1.165, 1.54) is 0 Å². The van der Waals surface area contributed by atoms with Crippen molar-refractivity contribution in [1.29, 1.82) is 0 Å². The van der Waals surface area contributed by atoms with Gasteiger partial charge in [-0.25, -0.2) is 0 Å². The van der Waals surface area contributed by atoms with Gasteiger partial charge < -0.3 is 14.7 Å². The lowest BCUT2D eigenvalue weighted by Crippen LogP contribution is -2.46. The molecule has 0 aromatic carbocycles. The Bertz CT molecular complexity index is 412. The fourth-order valence-electron chi connectivity index (χ4n) is 3.74. The molecule has 3 rings (SSSR count). The lowest BCUT2D eigenvalue weighted by atomic mass is 9.83. The van der Waals surface area contributed by atoms with E-state index in [9.17, 15) is 14.7 Å². The molecule has 0 bridgehead atoms. The van der Waals surface area contributed by atoms with Crippen LogP contribution >= 0.6 is 0 Å². The summed E-state index contributed by atoms with van der Waals surface area (Å²) in [5.74, 6) is -0.359. The molecule has 5 nitrogen and oxygen atoms in total. The third-order valence-corrected chi connectivity index (χ3v) is 5.15. The minimum atomic E-state index is -0.748. The average molecular weight is 281 g/mol. The highest BCUT2D eigenvalue weighted by Gasteiger charge is 2.49. The Morgan fingerprint density at radius 2 is 2.05 bits per heavy atom. The van der Waals surface area contributed by atoms with Gasteiger partial charge in [-0.3, -0.25) is 9.59 Å². The number of hydrogen-bond donors (Lipinski definition) is 1. The molecular formula is C15H23NO4. The monoisotopic (exact) mass is 281 g/mol. The molecule has 0 aromatic rings. The van der Waals surface area contributed by atoms with Gasteiger partial charge in [0, 0.05) is 19.7 Å². The first-order chi connectivity index (χ1) is 9.51. The number of aliphatic carboxylic acids is 1. The molecule has 1 unspecified atom stereocenters. The number of ether oxygens (including phenoxy) is 1. The van der Waals surface area contributed by atoms with Crippen LogP contribution in [0.1, 0.15) is 32.6 Å². The summed E-state index contributed by atoms with van der Waals surface area (Å²) in [6, 6.07) is 0. The van der Waals surface area contributed by atoms with Crippen LogP contribution in [0.5, 0.6) is 0 Å². The number of carboxylic acid groups (broad SMARTS) is 1. The maximum absolute atomic E-state index is 12.7. The minimum absolute atomic E-state index is 0.0894. The van der Waals surface area contributed by atoms with Gasteiger partial charge in [-0.15, -0.1) is 0 Å². The zero-order valence-electron chi connectivity index (χ0n) is 12.0. The molecule has 3 fully saturated rings. The number of likely N-dealkylation sites (tertiary alicyclic amines) is 1. The van der Waals surface area contributed by atoms with Crippen LogP contribution in [0.15, 0.2) is 0 Å². The second-order valence-electron chi connectivity index (χ2n) is 6.87. The summed E-state index contributed by atoms with van der Waals surface area (Å²) in [6.07, 6.45) is 3.99. The third-order valence-electron chi connectivity index (χ3n) is 5.15. The van der Waals surface area contributed by atoms with Gasteiger partial charge >= 0.3 is 5.97 Å². The summed E-state index contributed by atoms with van der Waals surface area (Å²) in [5, 5.41) is 9.37. The van der Waals surface area contributed by atoms with Crippen molar-refractivity contribution in [3.8, 4) is 0 Å². The molecule has 0 spiro atoms. The predicted molar refractivity (Wildman–Crippen MR) is 72.1 cm³/mol. The summed E-state index contributed by atoms with van der Waals surface area (Å²) in [7, 11) is 0. The highest BCUT2D eigenvalue weighted by Crippen LogP contribution is 2.45. The molecule has 1 saturated carbocycles. The molecule has 1 amide bonds. The van der Waals surface area contributed by atoms with E-state index in [-0.39, 0.29) is 17.7 Å². The Balaban J connectivity index is 1.71. The third kappa shape index (κ3) is 2.43. The molecule has 0 aromatic heterocycles. The van der Waals surface area contributed by atoms with Gasteiger partial charge in [0.15, 0.2) is 0 Å². The quantitative estimate of drug-likeness (QED) is 0.848. The van der Waals surface area contributed by atoms with Gasteiger partial charge in [0.25, 0.3) is 0 Å². The van der Waals surface area contributed by atoms with Crippen LogP contribution in [-0.4, -0.2) is 48.2 Å². The van der Waals surface area contributed by atoms with E-state index in [0.29, 0.717) is 25.6 Å². The van der Waals surface area contributed by atoms with Crippen molar-refractivity contribution in [2.45, 2.75) is 32.6 Å². The van der Waals surface area contributed by atoms with Gasteiger partial charge in [-0.2, -0.15) is 0 Å². The molecule has 20 heavy (non-hydrogen) atoms. The summed E-state index contributed by atoms with van der Waals surface area (Å²) < 4.78 is 5.46. The zero-order valence-corrected chi connectivity index (χ0v) is 12.0. The van der Waals surface area contributed by atoms with Crippen molar-refractivity contribution >= 4 is 11.9 Å². The summed E-state index contributed by atoms with van der Waals surface area (Å²) in [4.78, 5) is 25.9. The molecule has 2 saturated heterocycles. The maximum atomic E-state index is 12.7. The Kier molecular flexibility index (Phi) is 3.48. The van der Waals surface area contributed by atoms with Crippen LogP contribution in [0.4, 0.5) is 0 Å². The predicted octanol–water partition coefficient (Wildman–Crippen LogP) is 1.37. The molecule has 0 radical (unpaired) electrons. The van der Waals surface area contributed by atoms with E-state index in [1.54, 1.807) is 4.90 Å². The van der Waals surface area contributed by atoms with Gasteiger partial charge in [-0.1, -0.05) is 0 Å². The SMILES string of the molecule is CC1(C(=O)N2C[C@H](C(=O)O)[C@@H](C3CC3)C2)CCCOC1. The maximum Gasteiger partial charge on any atom is 0.308 e. The normalized spacial score (nSPS) is 38.0. The molecule has 3 atom stereocenters. The highest BCUT2D eigenvalue weighted by molar-refractivity contribution is 5.84. The molecule has 2 heterocycles. The molecule has 1 aliphatic carbocycles. The first kappa shape index (κ1) is 13.9. The topological polar surface area (TPSA) is 66.8 Å². The van der Waals surface area contributed by atoms with Crippen molar-refractivity contribution in [2.24, 2.45) is 23.2 Å². The summed E-state index contributed by atoms with van der Waals surface area (Å²) in [5.41, 5.74) is -0.459. The lowest BCUT2D eigenvalue weighted by molar-refractivity contribution is -0.148. The van der Waals surface area contributed by atoms with E-state index in [1.807, 2.05) is 6.92 Å². The number of carbonyl (C=O) groups excluding carboxylic acids is 1.